The van der Waals surface area contributed by atoms with Crippen molar-refractivity contribution in [1.29, 1.82) is 0 Å². The number of hydrogen-bond donors (Lipinski definition) is 1. The zero-order chi connectivity index (χ0) is 10.1. The Labute approximate surface area is 90.4 Å². The van der Waals surface area contributed by atoms with Gasteiger partial charge in [0.15, 0.2) is 0 Å². The number of hydrogen-bond acceptors (Lipinski definition) is 3. The van der Waals surface area contributed by atoms with E-state index in [0.29, 0.717) is 6.04 Å². The number of nitrogens with one attached hydrogen (secondary N) is 1. The fourth-order valence-corrected chi connectivity index (χ4v) is 2.84. The molecule has 0 aromatic carbocycles. The minimum absolute atomic E-state index is 0.697. The second-order valence-corrected chi connectivity index (χ2v) is 4.76. The lowest BCUT2D eigenvalue weighted by molar-refractivity contribution is 0.0720. The molecular formula is C12H18N2O. The monoisotopic (exact) mass is 206 g/mol. The molecular weight excluding hydrogens is 188 g/mol. The number of nitrogens with zero attached hydrogens (tertiary/aromatic N) is 1. The number of rotatable bonds is 3. The summed E-state index contributed by atoms with van der Waals surface area (Å²) in [7, 11) is 0. The molecule has 4 heterocycles. The second-order valence-electron chi connectivity index (χ2n) is 4.76. The summed E-state index contributed by atoms with van der Waals surface area (Å²) in [6, 6.07) is 2.73. The molecule has 3 saturated heterocycles. The zero-order valence-corrected chi connectivity index (χ0v) is 8.98. The molecule has 3 fully saturated rings. The number of piperidine rings is 3. The molecule has 3 aliphatic rings. The molecule has 1 aromatic heterocycles. The van der Waals surface area contributed by atoms with Gasteiger partial charge in [-0.1, -0.05) is 0 Å². The first-order chi connectivity index (χ1) is 7.42. The Morgan fingerprint density at radius 3 is 2.87 bits per heavy atom. The third-order valence-corrected chi connectivity index (χ3v) is 3.80. The molecule has 3 nitrogen and oxygen atoms in total. The molecule has 1 N–H and O–H groups in total. The highest BCUT2D eigenvalue weighted by Gasteiger charge is 2.33. The van der Waals surface area contributed by atoms with E-state index in [1.165, 1.54) is 38.0 Å². The van der Waals surface area contributed by atoms with Gasteiger partial charge in [-0.25, -0.2) is 0 Å². The van der Waals surface area contributed by atoms with Gasteiger partial charge < -0.3 is 14.6 Å². The van der Waals surface area contributed by atoms with Gasteiger partial charge in [-0.2, -0.15) is 0 Å². The second kappa shape index (κ2) is 3.99. The van der Waals surface area contributed by atoms with Crippen molar-refractivity contribution in [3.8, 4) is 0 Å². The molecule has 0 amide bonds. The Hall–Kier alpha value is -0.800. The maximum absolute atomic E-state index is 5.07. The van der Waals surface area contributed by atoms with E-state index in [4.69, 9.17) is 4.42 Å². The summed E-state index contributed by atoms with van der Waals surface area (Å²) < 4.78 is 5.07. The summed E-state index contributed by atoms with van der Waals surface area (Å²) in [5.74, 6) is 0.905. The van der Waals surface area contributed by atoms with Crippen molar-refractivity contribution in [1.82, 2.24) is 10.2 Å². The van der Waals surface area contributed by atoms with Crippen molar-refractivity contribution < 1.29 is 4.42 Å². The Morgan fingerprint density at radius 1 is 1.40 bits per heavy atom. The first-order valence-electron chi connectivity index (χ1n) is 5.88. The average Bonchev–Trinajstić information content (AvgIpc) is 2.81. The molecule has 82 valence electrons. The first kappa shape index (κ1) is 9.43. The van der Waals surface area contributed by atoms with Crippen LogP contribution in [0.4, 0.5) is 0 Å². The maximum atomic E-state index is 5.07. The van der Waals surface area contributed by atoms with Crippen LogP contribution in [0.1, 0.15) is 18.4 Å². The van der Waals surface area contributed by atoms with Gasteiger partial charge in [-0.15, -0.1) is 0 Å². The fourth-order valence-electron chi connectivity index (χ4n) is 2.84. The van der Waals surface area contributed by atoms with Gasteiger partial charge in [0.1, 0.15) is 0 Å². The van der Waals surface area contributed by atoms with Crippen molar-refractivity contribution in [3.63, 3.8) is 0 Å². The van der Waals surface area contributed by atoms with Crippen LogP contribution in [0, 0.1) is 5.92 Å². The molecule has 0 spiro atoms. The summed E-state index contributed by atoms with van der Waals surface area (Å²) in [5, 5.41) is 3.65. The first-order valence-corrected chi connectivity index (χ1v) is 5.88. The van der Waals surface area contributed by atoms with E-state index in [0.717, 1.165) is 12.5 Å². The minimum Gasteiger partial charge on any atom is -0.472 e. The van der Waals surface area contributed by atoms with Crippen molar-refractivity contribution in [2.24, 2.45) is 5.92 Å². The van der Waals surface area contributed by atoms with E-state index in [2.05, 4.69) is 10.2 Å². The molecule has 0 aliphatic carbocycles. The van der Waals surface area contributed by atoms with Crippen LogP contribution < -0.4 is 5.32 Å². The zero-order valence-electron chi connectivity index (χ0n) is 8.98. The largest absolute Gasteiger partial charge is 0.472 e. The predicted molar refractivity (Wildman–Crippen MR) is 58.5 cm³/mol. The topological polar surface area (TPSA) is 28.4 Å². The predicted octanol–water partition coefficient (Wildman–Crippen LogP) is 1.46. The third kappa shape index (κ3) is 1.94. The van der Waals surface area contributed by atoms with Gasteiger partial charge in [0, 0.05) is 24.7 Å². The van der Waals surface area contributed by atoms with E-state index in [1.54, 1.807) is 6.26 Å². The molecule has 3 heteroatoms. The highest BCUT2D eigenvalue weighted by Crippen LogP contribution is 2.27. The van der Waals surface area contributed by atoms with Gasteiger partial charge in [0.25, 0.3) is 0 Å². The molecule has 1 aromatic rings. The van der Waals surface area contributed by atoms with E-state index >= 15 is 0 Å². The van der Waals surface area contributed by atoms with E-state index in [9.17, 15) is 0 Å². The molecule has 15 heavy (non-hydrogen) atoms. The Bertz CT molecular complexity index is 301. The molecule has 0 radical (unpaired) electrons. The fraction of sp³-hybridized carbons (Fsp3) is 0.667. The van der Waals surface area contributed by atoms with Crippen LogP contribution in [0.15, 0.2) is 23.0 Å². The molecule has 1 atom stereocenters. The van der Waals surface area contributed by atoms with Gasteiger partial charge in [-0.3, -0.25) is 0 Å². The minimum atomic E-state index is 0.697. The molecule has 4 rings (SSSR count). The Kier molecular flexibility index (Phi) is 2.51. The lowest BCUT2D eigenvalue weighted by Crippen LogP contribution is -2.55. The number of fused-ring (bicyclic) bond motifs is 3. The van der Waals surface area contributed by atoms with Gasteiger partial charge in [-0.05, 0) is 37.9 Å². The molecule has 2 bridgehead atoms. The maximum Gasteiger partial charge on any atom is 0.0947 e. The quantitative estimate of drug-likeness (QED) is 0.811. The molecule has 3 aliphatic heterocycles. The smallest absolute Gasteiger partial charge is 0.0947 e. The third-order valence-electron chi connectivity index (χ3n) is 3.80. The van der Waals surface area contributed by atoms with Crippen LogP contribution in [0.3, 0.4) is 0 Å². The SMILES string of the molecule is c1cc(CNC2CN3CCC2CC3)co1. The van der Waals surface area contributed by atoms with Crippen LogP contribution in [0.25, 0.3) is 0 Å². The van der Waals surface area contributed by atoms with Gasteiger partial charge >= 0.3 is 0 Å². The Morgan fingerprint density at radius 2 is 2.27 bits per heavy atom. The van der Waals surface area contributed by atoms with E-state index in [1.807, 2.05) is 12.3 Å². The number of furan rings is 1. The average molecular weight is 206 g/mol. The highest BCUT2D eigenvalue weighted by molar-refractivity contribution is 5.05. The lowest BCUT2D eigenvalue weighted by Gasteiger charge is -2.45. The van der Waals surface area contributed by atoms with Crippen molar-refractivity contribution >= 4 is 0 Å². The summed E-state index contributed by atoms with van der Waals surface area (Å²) in [4.78, 5) is 2.58. The summed E-state index contributed by atoms with van der Waals surface area (Å²) in [6.07, 6.45) is 6.33. The molecule has 0 saturated carbocycles. The van der Waals surface area contributed by atoms with Crippen LogP contribution in [-0.4, -0.2) is 30.6 Å². The Balaban J connectivity index is 1.55. The van der Waals surface area contributed by atoms with Crippen molar-refractivity contribution in [3.05, 3.63) is 24.2 Å². The lowest BCUT2D eigenvalue weighted by atomic mass is 9.84. The van der Waals surface area contributed by atoms with Crippen LogP contribution in [-0.2, 0) is 6.54 Å². The summed E-state index contributed by atoms with van der Waals surface area (Å²) >= 11 is 0. The van der Waals surface area contributed by atoms with Crippen molar-refractivity contribution in [2.75, 3.05) is 19.6 Å². The van der Waals surface area contributed by atoms with Gasteiger partial charge in [0.2, 0.25) is 0 Å². The van der Waals surface area contributed by atoms with Crippen LogP contribution in [0.5, 0.6) is 0 Å². The summed E-state index contributed by atoms with van der Waals surface area (Å²) in [5.41, 5.74) is 1.26. The standard InChI is InChI=1S/C12H18N2O/c1-4-14-5-2-11(1)12(8-14)13-7-10-3-6-15-9-10/h3,6,9,11-13H,1-2,4-5,7-8H2. The normalized spacial score (nSPS) is 34.5. The summed E-state index contributed by atoms with van der Waals surface area (Å²) in [6.45, 7) is 4.82. The molecule has 1 unspecified atom stereocenters. The van der Waals surface area contributed by atoms with Crippen molar-refractivity contribution in [2.45, 2.75) is 25.4 Å². The highest BCUT2D eigenvalue weighted by atomic mass is 16.3. The van der Waals surface area contributed by atoms with E-state index in [-0.39, 0.29) is 0 Å². The van der Waals surface area contributed by atoms with Crippen LogP contribution in [0.2, 0.25) is 0 Å². The van der Waals surface area contributed by atoms with E-state index < -0.39 is 0 Å². The van der Waals surface area contributed by atoms with Gasteiger partial charge in [0.05, 0.1) is 12.5 Å². The van der Waals surface area contributed by atoms with Crippen LogP contribution >= 0.6 is 0 Å².